The molecule has 3 nitrogen and oxygen atoms in total. The molecule has 1 heterocycles. The number of hydrogen-bond donors (Lipinski definition) is 0. The maximum atomic E-state index is 8.68. The Morgan fingerprint density at radius 3 is 2.80 bits per heavy atom. The highest BCUT2D eigenvalue weighted by Gasteiger charge is 2.03. The smallest absolute Gasteiger partial charge is 0.162 e. The van der Waals surface area contributed by atoms with E-state index >= 15 is 0 Å². The molecule has 2 rings (SSSR count). The topological polar surface area (TPSA) is 41.6 Å². The van der Waals surface area contributed by atoms with Crippen molar-refractivity contribution in [3.63, 3.8) is 0 Å². The van der Waals surface area contributed by atoms with Gasteiger partial charge >= 0.3 is 0 Å². The maximum Gasteiger partial charge on any atom is 0.162 e. The van der Waals surface area contributed by atoms with Crippen LogP contribution in [0.4, 0.5) is 0 Å². The molecule has 2 aromatic rings. The zero-order chi connectivity index (χ0) is 10.8. The molecule has 0 bridgehead atoms. The molecule has 74 valence electrons. The monoisotopic (exact) mass is 261 g/mol. The third-order valence-corrected chi connectivity index (χ3v) is 2.60. The molecule has 1 aromatic heterocycles. The summed E-state index contributed by atoms with van der Waals surface area (Å²) >= 11 is 3.41. The highest BCUT2D eigenvalue weighted by molar-refractivity contribution is 9.10. The Bertz CT molecular complexity index is 537. The summed E-state index contributed by atoms with van der Waals surface area (Å²) in [6.45, 7) is 2.01. The fraction of sp³-hybridized carbons (Fsp3) is 0.0909. The van der Waals surface area contributed by atoms with Gasteiger partial charge in [0.15, 0.2) is 5.69 Å². The first-order chi connectivity index (χ1) is 7.20. The third kappa shape index (κ3) is 1.92. The molecule has 0 unspecified atom stereocenters. The third-order valence-electron chi connectivity index (χ3n) is 2.11. The van der Waals surface area contributed by atoms with Crippen molar-refractivity contribution in [2.24, 2.45) is 0 Å². The van der Waals surface area contributed by atoms with Crippen LogP contribution in [0, 0.1) is 18.3 Å². The molecular formula is C11H8BrN3. The largest absolute Gasteiger partial charge is 0.239 e. The molecule has 0 saturated carbocycles. The van der Waals surface area contributed by atoms with Gasteiger partial charge in [0.1, 0.15) is 6.07 Å². The van der Waals surface area contributed by atoms with Crippen LogP contribution < -0.4 is 0 Å². The number of aryl methyl sites for hydroxylation is 1. The molecule has 0 spiro atoms. The van der Waals surface area contributed by atoms with Crippen LogP contribution in [-0.4, -0.2) is 9.78 Å². The summed E-state index contributed by atoms with van der Waals surface area (Å²) in [5.74, 6) is 0. The zero-order valence-corrected chi connectivity index (χ0v) is 9.69. The van der Waals surface area contributed by atoms with E-state index in [1.807, 2.05) is 31.2 Å². The van der Waals surface area contributed by atoms with Gasteiger partial charge in [0, 0.05) is 10.7 Å². The first kappa shape index (κ1) is 9.94. The van der Waals surface area contributed by atoms with Crippen molar-refractivity contribution in [3.8, 4) is 11.8 Å². The summed E-state index contributed by atoms with van der Waals surface area (Å²) < 4.78 is 2.75. The number of hydrogen-bond acceptors (Lipinski definition) is 2. The van der Waals surface area contributed by atoms with Gasteiger partial charge < -0.3 is 0 Å². The summed E-state index contributed by atoms with van der Waals surface area (Å²) in [5.41, 5.74) is 2.52. The van der Waals surface area contributed by atoms with E-state index < -0.39 is 0 Å². The van der Waals surface area contributed by atoms with Gasteiger partial charge in [0.2, 0.25) is 0 Å². The summed E-state index contributed by atoms with van der Waals surface area (Å²) in [4.78, 5) is 0. The van der Waals surface area contributed by atoms with Crippen molar-refractivity contribution in [2.75, 3.05) is 0 Å². The van der Waals surface area contributed by atoms with Crippen LogP contribution in [0.5, 0.6) is 0 Å². The van der Waals surface area contributed by atoms with Gasteiger partial charge in [-0.3, -0.25) is 0 Å². The molecule has 4 heteroatoms. The lowest BCUT2D eigenvalue weighted by Gasteiger charge is -2.05. The van der Waals surface area contributed by atoms with Gasteiger partial charge in [-0.25, -0.2) is 4.68 Å². The summed E-state index contributed by atoms with van der Waals surface area (Å²) in [5, 5.41) is 12.8. The van der Waals surface area contributed by atoms with Crippen LogP contribution in [0.3, 0.4) is 0 Å². The number of nitriles is 1. The van der Waals surface area contributed by atoms with Crippen LogP contribution >= 0.6 is 15.9 Å². The molecule has 0 amide bonds. The molecule has 1 aromatic carbocycles. The first-order valence-electron chi connectivity index (χ1n) is 4.43. The lowest BCUT2D eigenvalue weighted by Crippen LogP contribution is -1.97. The number of aromatic nitrogens is 2. The number of nitrogens with zero attached hydrogens (tertiary/aromatic N) is 3. The fourth-order valence-electron chi connectivity index (χ4n) is 1.39. The van der Waals surface area contributed by atoms with Crippen molar-refractivity contribution in [1.29, 1.82) is 5.26 Å². The first-order valence-corrected chi connectivity index (χ1v) is 5.22. The number of halogens is 1. The van der Waals surface area contributed by atoms with Crippen molar-refractivity contribution >= 4 is 15.9 Å². The van der Waals surface area contributed by atoms with Crippen LogP contribution in [0.2, 0.25) is 0 Å². The van der Waals surface area contributed by atoms with E-state index in [4.69, 9.17) is 5.26 Å². The Hall–Kier alpha value is -1.60. The van der Waals surface area contributed by atoms with E-state index in [2.05, 4.69) is 21.0 Å². The lowest BCUT2D eigenvalue weighted by atomic mass is 10.2. The van der Waals surface area contributed by atoms with Gasteiger partial charge in [-0.15, -0.1) is 0 Å². The molecule has 0 radical (unpaired) electrons. The molecule has 0 atom stereocenters. The number of rotatable bonds is 1. The van der Waals surface area contributed by atoms with E-state index in [1.54, 1.807) is 16.9 Å². The minimum absolute atomic E-state index is 0.428. The summed E-state index contributed by atoms with van der Waals surface area (Å²) in [7, 11) is 0. The SMILES string of the molecule is Cc1cc(Br)ccc1-n1ccc(C#N)n1. The van der Waals surface area contributed by atoms with Gasteiger partial charge in [0.25, 0.3) is 0 Å². The summed E-state index contributed by atoms with van der Waals surface area (Å²) in [6, 6.07) is 9.64. The molecule has 0 saturated heterocycles. The molecule has 15 heavy (non-hydrogen) atoms. The fourth-order valence-corrected chi connectivity index (χ4v) is 1.87. The van der Waals surface area contributed by atoms with Gasteiger partial charge in [-0.1, -0.05) is 15.9 Å². The van der Waals surface area contributed by atoms with E-state index in [9.17, 15) is 0 Å². The van der Waals surface area contributed by atoms with Crippen LogP contribution in [-0.2, 0) is 0 Å². The number of benzene rings is 1. The predicted octanol–water partition coefficient (Wildman–Crippen LogP) is 2.81. The lowest BCUT2D eigenvalue weighted by molar-refractivity contribution is 0.865. The molecular weight excluding hydrogens is 254 g/mol. The van der Waals surface area contributed by atoms with Gasteiger partial charge in [0.05, 0.1) is 5.69 Å². The van der Waals surface area contributed by atoms with Gasteiger partial charge in [-0.2, -0.15) is 10.4 Å². The van der Waals surface area contributed by atoms with Crippen LogP contribution in [0.25, 0.3) is 5.69 Å². The second-order valence-electron chi connectivity index (χ2n) is 3.19. The average Bonchev–Trinajstić information content (AvgIpc) is 2.66. The van der Waals surface area contributed by atoms with Crippen molar-refractivity contribution < 1.29 is 0 Å². The standard InChI is InChI=1S/C11H8BrN3/c1-8-6-9(12)2-3-11(8)15-5-4-10(7-13)14-15/h2-6H,1H3. The van der Waals surface area contributed by atoms with Crippen molar-refractivity contribution in [2.45, 2.75) is 6.92 Å². The highest BCUT2D eigenvalue weighted by Crippen LogP contribution is 2.18. The zero-order valence-electron chi connectivity index (χ0n) is 8.11. The maximum absolute atomic E-state index is 8.68. The Balaban J connectivity index is 2.50. The molecule has 0 aliphatic rings. The summed E-state index contributed by atoms with van der Waals surface area (Å²) in [6.07, 6.45) is 1.79. The van der Waals surface area contributed by atoms with E-state index in [-0.39, 0.29) is 0 Å². The Labute approximate surface area is 96.1 Å². The van der Waals surface area contributed by atoms with Crippen LogP contribution in [0.1, 0.15) is 11.3 Å². The quantitative estimate of drug-likeness (QED) is 0.792. The minimum atomic E-state index is 0.428. The minimum Gasteiger partial charge on any atom is -0.239 e. The Morgan fingerprint density at radius 2 is 2.20 bits per heavy atom. The second kappa shape index (κ2) is 3.87. The molecule has 0 aliphatic carbocycles. The molecule has 0 N–H and O–H groups in total. The second-order valence-corrected chi connectivity index (χ2v) is 4.10. The Kier molecular flexibility index (Phi) is 2.57. The van der Waals surface area contributed by atoms with Gasteiger partial charge in [-0.05, 0) is 36.8 Å². The van der Waals surface area contributed by atoms with E-state index in [0.717, 1.165) is 15.7 Å². The van der Waals surface area contributed by atoms with Crippen molar-refractivity contribution in [3.05, 3.63) is 46.2 Å². The van der Waals surface area contributed by atoms with Crippen LogP contribution in [0.15, 0.2) is 34.9 Å². The Morgan fingerprint density at radius 1 is 1.40 bits per heavy atom. The molecule has 0 fully saturated rings. The van der Waals surface area contributed by atoms with E-state index in [1.165, 1.54) is 0 Å². The van der Waals surface area contributed by atoms with Crippen molar-refractivity contribution in [1.82, 2.24) is 9.78 Å². The highest BCUT2D eigenvalue weighted by atomic mass is 79.9. The predicted molar refractivity (Wildman–Crippen MR) is 60.7 cm³/mol. The van der Waals surface area contributed by atoms with E-state index in [0.29, 0.717) is 5.69 Å². The normalized spacial score (nSPS) is 9.93. The molecule has 0 aliphatic heterocycles. The average molecular weight is 262 g/mol.